The highest BCUT2D eigenvalue weighted by Gasteiger charge is 2.20. The summed E-state index contributed by atoms with van der Waals surface area (Å²) in [6.07, 6.45) is 2.42. The van der Waals surface area contributed by atoms with Crippen molar-refractivity contribution in [3.8, 4) is 11.9 Å². The van der Waals surface area contributed by atoms with Gasteiger partial charge in [0.25, 0.3) is 0 Å². The third-order valence-electron chi connectivity index (χ3n) is 3.39. The molecule has 98 valence electrons. The molecule has 1 aliphatic carbocycles. The van der Waals surface area contributed by atoms with Crippen molar-refractivity contribution in [3.05, 3.63) is 23.3 Å². The maximum absolute atomic E-state index is 11.9. The van der Waals surface area contributed by atoms with Crippen molar-refractivity contribution in [1.82, 2.24) is 9.97 Å². The minimum atomic E-state index is 0.182. The van der Waals surface area contributed by atoms with E-state index in [2.05, 4.69) is 9.97 Å². The first kappa shape index (κ1) is 11.9. The zero-order valence-electron chi connectivity index (χ0n) is 10.9. The number of hydrogen-bond acceptors (Lipinski definition) is 5. The minimum absolute atomic E-state index is 0.182. The molecule has 0 radical (unpaired) electrons. The third kappa shape index (κ3) is 1.91. The molecule has 0 aliphatic heterocycles. The van der Waals surface area contributed by atoms with Crippen LogP contribution in [0.3, 0.4) is 0 Å². The van der Waals surface area contributed by atoms with Crippen LogP contribution < -0.4 is 9.47 Å². The lowest BCUT2D eigenvalue weighted by molar-refractivity contribution is 0.0972. The predicted octanol–water partition coefficient (Wildman–Crippen LogP) is 2.17. The fourth-order valence-electron chi connectivity index (χ4n) is 2.46. The molecule has 1 heterocycles. The van der Waals surface area contributed by atoms with E-state index < -0.39 is 0 Å². The van der Waals surface area contributed by atoms with Gasteiger partial charge in [-0.3, -0.25) is 4.79 Å². The summed E-state index contributed by atoms with van der Waals surface area (Å²) in [5.41, 5.74) is 2.56. The summed E-state index contributed by atoms with van der Waals surface area (Å²) in [4.78, 5) is 20.4. The Morgan fingerprint density at radius 1 is 1.11 bits per heavy atom. The molecule has 1 aromatic carbocycles. The number of fused-ring (bicyclic) bond motifs is 2. The second-order valence-corrected chi connectivity index (χ2v) is 4.52. The van der Waals surface area contributed by atoms with E-state index in [4.69, 9.17) is 9.47 Å². The molecule has 0 saturated heterocycles. The summed E-state index contributed by atoms with van der Waals surface area (Å²) in [7, 11) is 3.06. The maximum Gasteiger partial charge on any atom is 0.320 e. The first-order valence-electron chi connectivity index (χ1n) is 6.19. The molecule has 3 rings (SSSR count). The molecule has 1 aromatic heterocycles. The maximum atomic E-state index is 11.9. The van der Waals surface area contributed by atoms with Crippen LogP contribution in [0.5, 0.6) is 11.9 Å². The molecule has 5 nitrogen and oxygen atoms in total. The molecule has 0 spiro atoms. The number of Topliss-reactive ketones (excluding diaryl/α,β-unsaturated/α-hetero) is 1. The van der Waals surface area contributed by atoms with Crippen molar-refractivity contribution < 1.29 is 14.3 Å². The van der Waals surface area contributed by atoms with Gasteiger partial charge in [-0.2, -0.15) is 9.97 Å². The van der Waals surface area contributed by atoms with Crippen molar-refractivity contribution >= 4 is 16.7 Å². The van der Waals surface area contributed by atoms with E-state index in [1.165, 1.54) is 7.11 Å². The Labute approximate surface area is 110 Å². The normalized spacial score (nSPS) is 14.3. The van der Waals surface area contributed by atoms with Gasteiger partial charge >= 0.3 is 6.01 Å². The summed E-state index contributed by atoms with van der Waals surface area (Å²) in [5.74, 6) is 0.615. The van der Waals surface area contributed by atoms with E-state index in [1.807, 2.05) is 12.1 Å². The highest BCUT2D eigenvalue weighted by molar-refractivity contribution is 6.02. The van der Waals surface area contributed by atoms with Gasteiger partial charge < -0.3 is 9.47 Å². The molecule has 5 heteroatoms. The van der Waals surface area contributed by atoms with Crippen LogP contribution in [0.25, 0.3) is 10.9 Å². The van der Waals surface area contributed by atoms with Gasteiger partial charge in [-0.25, -0.2) is 0 Å². The average molecular weight is 258 g/mol. The zero-order chi connectivity index (χ0) is 13.4. The fraction of sp³-hybridized carbons (Fsp3) is 0.357. The van der Waals surface area contributed by atoms with Crippen molar-refractivity contribution in [2.45, 2.75) is 19.3 Å². The van der Waals surface area contributed by atoms with Gasteiger partial charge in [-0.15, -0.1) is 0 Å². The predicted molar refractivity (Wildman–Crippen MR) is 69.9 cm³/mol. The second kappa shape index (κ2) is 4.50. The van der Waals surface area contributed by atoms with Crippen molar-refractivity contribution in [3.63, 3.8) is 0 Å². The standard InChI is InChI=1S/C14H14N2O3/c1-18-13-10-7-9-8(4-3-5-12(9)17)6-11(10)15-14(16-13)19-2/h6-7H,3-5H2,1-2H3. The van der Waals surface area contributed by atoms with E-state index in [1.54, 1.807) is 7.11 Å². The van der Waals surface area contributed by atoms with Gasteiger partial charge in [-0.1, -0.05) is 0 Å². The summed E-state index contributed by atoms with van der Waals surface area (Å²) in [5, 5.41) is 0.748. The third-order valence-corrected chi connectivity index (χ3v) is 3.39. The number of carbonyl (C=O) groups is 1. The summed E-state index contributed by atoms with van der Waals surface area (Å²) in [6.45, 7) is 0. The molecule has 0 N–H and O–H groups in total. The Morgan fingerprint density at radius 3 is 2.68 bits per heavy atom. The van der Waals surface area contributed by atoms with Gasteiger partial charge in [-0.05, 0) is 30.5 Å². The Balaban J connectivity index is 2.30. The first-order chi connectivity index (χ1) is 9.22. The number of aromatic nitrogens is 2. The Kier molecular flexibility index (Phi) is 2.81. The number of methoxy groups -OCH3 is 2. The smallest absolute Gasteiger partial charge is 0.320 e. The SMILES string of the molecule is COc1nc(OC)c2cc3c(cc2n1)CCCC3=O. The van der Waals surface area contributed by atoms with Crippen LogP contribution in [-0.2, 0) is 6.42 Å². The number of benzene rings is 1. The van der Waals surface area contributed by atoms with Gasteiger partial charge in [0.1, 0.15) is 0 Å². The first-order valence-corrected chi connectivity index (χ1v) is 6.19. The van der Waals surface area contributed by atoms with E-state index in [0.717, 1.165) is 34.9 Å². The molecule has 0 bridgehead atoms. The van der Waals surface area contributed by atoms with Gasteiger partial charge in [0, 0.05) is 12.0 Å². The molecule has 0 atom stereocenters. The van der Waals surface area contributed by atoms with Crippen LogP contribution >= 0.6 is 0 Å². The van der Waals surface area contributed by atoms with Crippen molar-refractivity contribution in [1.29, 1.82) is 0 Å². The topological polar surface area (TPSA) is 61.3 Å². The van der Waals surface area contributed by atoms with Crippen molar-refractivity contribution in [2.75, 3.05) is 14.2 Å². The van der Waals surface area contributed by atoms with E-state index >= 15 is 0 Å². The molecule has 0 saturated carbocycles. The molecule has 0 amide bonds. The van der Waals surface area contributed by atoms with Crippen LogP contribution in [0, 0.1) is 0 Å². The molecular formula is C14H14N2O3. The number of nitrogens with zero attached hydrogens (tertiary/aromatic N) is 2. The lowest BCUT2D eigenvalue weighted by Gasteiger charge is -2.16. The number of ketones is 1. The number of rotatable bonds is 2. The van der Waals surface area contributed by atoms with Gasteiger partial charge in [0.2, 0.25) is 5.88 Å². The zero-order valence-corrected chi connectivity index (χ0v) is 10.9. The summed E-state index contributed by atoms with van der Waals surface area (Å²) < 4.78 is 10.3. The molecule has 19 heavy (non-hydrogen) atoms. The Hall–Kier alpha value is -2.17. The lowest BCUT2D eigenvalue weighted by Crippen LogP contribution is -2.11. The highest BCUT2D eigenvalue weighted by atomic mass is 16.5. The number of ether oxygens (including phenoxy) is 2. The number of aryl methyl sites for hydroxylation is 1. The Bertz CT molecular complexity index is 667. The van der Waals surface area contributed by atoms with Crippen LogP contribution in [-0.4, -0.2) is 30.0 Å². The second-order valence-electron chi connectivity index (χ2n) is 4.52. The largest absolute Gasteiger partial charge is 0.480 e. The van der Waals surface area contributed by atoms with Crippen LogP contribution in [0.4, 0.5) is 0 Å². The Morgan fingerprint density at radius 2 is 1.95 bits per heavy atom. The monoisotopic (exact) mass is 258 g/mol. The number of hydrogen-bond donors (Lipinski definition) is 0. The van der Waals surface area contributed by atoms with E-state index in [9.17, 15) is 4.79 Å². The lowest BCUT2D eigenvalue weighted by atomic mass is 9.89. The average Bonchev–Trinajstić information content (AvgIpc) is 2.44. The highest BCUT2D eigenvalue weighted by Crippen LogP contribution is 2.31. The summed E-state index contributed by atoms with van der Waals surface area (Å²) >= 11 is 0. The molecule has 1 aliphatic rings. The van der Waals surface area contributed by atoms with E-state index in [-0.39, 0.29) is 11.8 Å². The van der Waals surface area contributed by atoms with Crippen LogP contribution in [0.15, 0.2) is 12.1 Å². The van der Waals surface area contributed by atoms with Crippen LogP contribution in [0.1, 0.15) is 28.8 Å². The van der Waals surface area contributed by atoms with Gasteiger partial charge in [0.15, 0.2) is 5.78 Å². The molecule has 0 unspecified atom stereocenters. The van der Waals surface area contributed by atoms with Gasteiger partial charge in [0.05, 0.1) is 25.1 Å². The quantitative estimate of drug-likeness (QED) is 0.826. The fourth-order valence-corrected chi connectivity index (χ4v) is 2.46. The molecule has 0 fully saturated rings. The number of carbonyl (C=O) groups excluding carboxylic acids is 1. The van der Waals surface area contributed by atoms with Crippen LogP contribution in [0.2, 0.25) is 0 Å². The summed E-state index contributed by atoms with van der Waals surface area (Å²) in [6, 6.07) is 4.05. The molecule has 2 aromatic rings. The minimum Gasteiger partial charge on any atom is -0.480 e. The van der Waals surface area contributed by atoms with Crippen molar-refractivity contribution in [2.24, 2.45) is 0 Å². The van der Waals surface area contributed by atoms with E-state index in [0.29, 0.717) is 12.3 Å². The molecular weight excluding hydrogens is 244 g/mol.